The number of carbonyl (C=O) groups is 1. The molecule has 0 heterocycles. The average molecular weight is 505 g/mol. The van der Waals surface area contributed by atoms with E-state index in [1.807, 2.05) is 24.3 Å². The summed E-state index contributed by atoms with van der Waals surface area (Å²) in [6.45, 7) is 2.96. The Kier molecular flexibility index (Phi) is 18.9. The monoisotopic (exact) mass is 504 g/mol. The Morgan fingerprint density at radius 2 is 1.65 bits per heavy atom. The molecule has 0 aliphatic heterocycles. The van der Waals surface area contributed by atoms with Gasteiger partial charge in [-0.15, -0.1) is 0 Å². The lowest BCUT2D eigenvalue weighted by atomic mass is 10.1. The van der Waals surface area contributed by atoms with Crippen LogP contribution in [0.15, 0.2) is 24.3 Å². The van der Waals surface area contributed by atoms with Crippen molar-refractivity contribution in [1.82, 2.24) is 11.1 Å². The summed E-state index contributed by atoms with van der Waals surface area (Å²) in [5, 5.41) is 9.04. The zero-order valence-corrected chi connectivity index (χ0v) is 21.6. The number of aliphatic hydroxyl groups is 1. The first-order valence-corrected chi connectivity index (χ1v) is 13.7. The maximum absolute atomic E-state index is 12.6. The molecule has 0 saturated heterocycles. The Bertz CT molecular complexity index is 700. The molecule has 0 bridgehead atoms. The Labute approximate surface area is 204 Å². The van der Waals surface area contributed by atoms with E-state index in [-0.39, 0.29) is 38.2 Å². The van der Waals surface area contributed by atoms with Crippen molar-refractivity contribution in [2.24, 2.45) is 0 Å². The van der Waals surface area contributed by atoms with Crippen molar-refractivity contribution in [3.63, 3.8) is 0 Å². The van der Waals surface area contributed by atoms with Crippen molar-refractivity contribution in [1.29, 1.82) is 0 Å². The van der Waals surface area contributed by atoms with Crippen LogP contribution in [0, 0.1) is 0 Å². The van der Waals surface area contributed by atoms with Gasteiger partial charge in [0.25, 0.3) is 0 Å². The quantitative estimate of drug-likeness (QED) is 0.148. The first-order valence-electron chi connectivity index (χ1n) is 12.2. The number of hydrogen-bond donors (Lipinski definition) is 4. The minimum atomic E-state index is -4.57. The number of phosphoric ester groups is 1. The molecule has 9 nitrogen and oxygen atoms in total. The first kappa shape index (κ1) is 32.5. The van der Waals surface area contributed by atoms with Crippen LogP contribution in [0.25, 0.3) is 0 Å². The van der Waals surface area contributed by atoms with Crippen LogP contribution >= 0.6 is 7.82 Å². The van der Waals surface area contributed by atoms with Crippen LogP contribution in [0.2, 0.25) is 0 Å². The molecule has 6 N–H and O–H groups in total. The lowest BCUT2D eigenvalue weighted by Gasteiger charge is -2.22. The molecule has 0 spiro atoms. The van der Waals surface area contributed by atoms with E-state index in [1.165, 1.54) is 49.8 Å². The number of unbranched alkanes of at least 4 members (excludes halogenated alkanes) is 7. The van der Waals surface area contributed by atoms with E-state index in [0.717, 1.165) is 17.7 Å². The SMILES string of the molecule is CCCCCCCCCCOc1cccc(CCC(=O)N(CCCO)CCOP(=O)(O)O)c1.N. The molecule has 0 aliphatic rings. The van der Waals surface area contributed by atoms with Gasteiger partial charge in [-0.3, -0.25) is 9.32 Å². The maximum Gasteiger partial charge on any atom is 0.469 e. The zero-order chi connectivity index (χ0) is 24.4. The molecule has 198 valence electrons. The lowest BCUT2D eigenvalue weighted by Crippen LogP contribution is -2.35. The second-order valence-corrected chi connectivity index (χ2v) is 9.49. The number of ether oxygens (including phenoxy) is 1. The van der Waals surface area contributed by atoms with Gasteiger partial charge in [0.05, 0.1) is 13.2 Å². The highest BCUT2D eigenvalue weighted by molar-refractivity contribution is 7.46. The summed E-state index contributed by atoms with van der Waals surface area (Å²) >= 11 is 0. The van der Waals surface area contributed by atoms with Crippen molar-refractivity contribution in [2.45, 2.75) is 77.6 Å². The van der Waals surface area contributed by atoms with E-state index in [1.54, 1.807) is 0 Å². The number of carbonyl (C=O) groups excluding carboxylic acids is 1. The molecule has 1 aromatic rings. The second kappa shape index (κ2) is 19.8. The summed E-state index contributed by atoms with van der Waals surface area (Å²) in [7, 11) is -4.57. The van der Waals surface area contributed by atoms with Gasteiger partial charge in [0.2, 0.25) is 5.91 Å². The third-order valence-electron chi connectivity index (χ3n) is 5.35. The first-order chi connectivity index (χ1) is 15.9. The average Bonchev–Trinajstić information content (AvgIpc) is 2.78. The Balaban J connectivity index is 0.0000109. The summed E-state index contributed by atoms with van der Waals surface area (Å²) in [5.74, 6) is 0.651. The molecule has 1 amide bonds. The highest BCUT2D eigenvalue weighted by atomic mass is 31.2. The van der Waals surface area contributed by atoms with Crippen LogP contribution in [0.3, 0.4) is 0 Å². The standard InChI is InChI=1S/C24H42NO7P.H3N/c1-2-3-4-5-6-7-8-9-19-31-23-13-10-12-22(21-23)14-15-24(27)25(16-11-18-26)17-20-32-33(28,29)30;/h10,12-13,21,26H,2-9,11,14-20H2,1H3,(H2,28,29,30);1H3. The molecule has 0 unspecified atom stereocenters. The fraction of sp³-hybridized carbons (Fsp3) is 0.708. The Hall–Kier alpha value is -1.48. The van der Waals surface area contributed by atoms with Gasteiger partial charge in [-0.2, -0.15) is 0 Å². The minimum absolute atomic E-state index is 0. The minimum Gasteiger partial charge on any atom is -0.494 e. The van der Waals surface area contributed by atoms with Gasteiger partial charge in [0, 0.05) is 26.1 Å². The van der Waals surface area contributed by atoms with Gasteiger partial charge >= 0.3 is 7.82 Å². The molecular formula is C24H45N2O7P. The smallest absolute Gasteiger partial charge is 0.469 e. The molecule has 0 saturated carbocycles. The van der Waals surface area contributed by atoms with Crippen LogP contribution in [0.4, 0.5) is 0 Å². The van der Waals surface area contributed by atoms with E-state index in [0.29, 0.717) is 26.0 Å². The lowest BCUT2D eigenvalue weighted by molar-refractivity contribution is -0.131. The number of amides is 1. The fourth-order valence-electron chi connectivity index (χ4n) is 3.52. The molecule has 34 heavy (non-hydrogen) atoms. The topological polar surface area (TPSA) is 152 Å². The molecule has 10 heteroatoms. The molecule has 0 aliphatic carbocycles. The molecule has 1 rings (SSSR count). The summed E-state index contributed by atoms with van der Waals surface area (Å²) in [5.41, 5.74) is 0.991. The van der Waals surface area contributed by atoms with Crippen molar-refractivity contribution >= 4 is 13.7 Å². The van der Waals surface area contributed by atoms with Gasteiger partial charge in [-0.25, -0.2) is 4.57 Å². The van der Waals surface area contributed by atoms with E-state index in [9.17, 15) is 9.36 Å². The van der Waals surface area contributed by atoms with Gasteiger partial charge in [0.1, 0.15) is 5.75 Å². The van der Waals surface area contributed by atoms with Gasteiger partial charge < -0.3 is 30.7 Å². The molecule has 0 atom stereocenters. The highest BCUT2D eigenvalue weighted by Gasteiger charge is 2.17. The number of aryl methyl sites for hydroxylation is 1. The molecule has 0 fully saturated rings. The van der Waals surface area contributed by atoms with Crippen LogP contribution in [-0.2, 0) is 20.3 Å². The molecule has 0 aromatic heterocycles. The van der Waals surface area contributed by atoms with Crippen molar-refractivity contribution < 1.29 is 33.5 Å². The van der Waals surface area contributed by atoms with Crippen LogP contribution in [0.5, 0.6) is 5.75 Å². The molecule has 1 aromatic carbocycles. The molecular weight excluding hydrogens is 459 g/mol. The van der Waals surface area contributed by atoms with E-state index in [4.69, 9.17) is 19.6 Å². The highest BCUT2D eigenvalue weighted by Crippen LogP contribution is 2.35. The second-order valence-electron chi connectivity index (χ2n) is 8.25. The Morgan fingerprint density at radius 3 is 2.29 bits per heavy atom. The normalized spacial score (nSPS) is 11.2. The van der Waals surface area contributed by atoms with E-state index < -0.39 is 7.82 Å². The number of phosphoric acid groups is 1. The largest absolute Gasteiger partial charge is 0.494 e. The number of rotatable bonds is 20. The van der Waals surface area contributed by atoms with Gasteiger partial charge in [0.15, 0.2) is 0 Å². The van der Waals surface area contributed by atoms with Gasteiger partial charge in [-0.05, 0) is 37.0 Å². The number of hydrogen-bond acceptors (Lipinski definition) is 6. The van der Waals surface area contributed by atoms with Crippen molar-refractivity contribution in [2.75, 3.05) is 32.9 Å². The fourth-order valence-corrected chi connectivity index (χ4v) is 3.84. The van der Waals surface area contributed by atoms with Crippen LogP contribution < -0.4 is 10.9 Å². The summed E-state index contributed by atoms with van der Waals surface area (Å²) < 4.78 is 21.1. The number of nitrogens with zero attached hydrogens (tertiary/aromatic N) is 1. The van der Waals surface area contributed by atoms with Crippen LogP contribution in [0.1, 0.15) is 76.7 Å². The predicted octanol–water partition coefficient (Wildman–Crippen LogP) is 4.62. The van der Waals surface area contributed by atoms with Crippen LogP contribution in [-0.4, -0.2) is 58.6 Å². The summed E-state index contributed by atoms with van der Waals surface area (Å²) in [6.07, 6.45) is 11.2. The maximum atomic E-state index is 12.6. The Morgan fingerprint density at radius 1 is 0.971 bits per heavy atom. The summed E-state index contributed by atoms with van der Waals surface area (Å²) in [6, 6.07) is 7.74. The third-order valence-corrected chi connectivity index (χ3v) is 5.87. The number of aliphatic hydroxyl groups excluding tert-OH is 1. The van der Waals surface area contributed by atoms with Gasteiger partial charge in [-0.1, -0.05) is 64.0 Å². The van der Waals surface area contributed by atoms with Crippen molar-refractivity contribution in [3.05, 3.63) is 29.8 Å². The summed E-state index contributed by atoms with van der Waals surface area (Å²) in [4.78, 5) is 31.6. The predicted molar refractivity (Wildman–Crippen MR) is 134 cm³/mol. The van der Waals surface area contributed by atoms with E-state index >= 15 is 0 Å². The van der Waals surface area contributed by atoms with E-state index in [2.05, 4.69) is 11.4 Å². The molecule has 0 radical (unpaired) electrons. The third kappa shape index (κ3) is 17.0. The zero-order valence-electron chi connectivity index (χ0n) is 20.7. The number of benzene rings is 1. The van der Waals surface area contributed by atoms with Crippen molar-refractivity contribution in [3.8, 4) is 5.75 Å².